The lowest BCUT2D eigenvalue weighted by molar-refractivity contribution is -0.232. The highest BCUT2D eigenvalue weighted by Crippen LogP contribution is 2.37. The molecule has 0 amide bonds. The molecule has 0 radical (unpaired) electrons. The van der Waals surface area contributed by atoms with Crippen LogP contribution in [0.15, 0.2) is 36.4 Å². The van der Waals surface area contributed by atoms with E-state index < -0.39 is 37.1 Å². The molecule has 1 aliphatic heterocycles. The Balaban J connectivity index is 1.98. The van der Waals surface area contributed by atoms with Crippen molar-refractivity contribution >= 4 is 11.6 Å². The van der Waals surface area contributed by atoms with Gasteiger partial charge in [-0.25, -0.2) is 0 Å². The average molecular weight is 437 g/mol. The lowest BCUT2D eigenvalue weighted by Crippen LogP contribution is -2.55. The molecule has 0 unspecified atom stereocenters. The highest BCUT2D eigenvalue weighted by atomic mass is 35.5. The van der Waals surface area contributed by atoms with Gasteiger partial charge in [0, 0.05) is 12.1 Å². The molecule has 0 saturated carbocycles. The van der Waals surface area contributed by atoms with Crippen molar-refractivity contribution in [3.63, 3.8) is 0 Å². The number of hydrogen-bond donors (Lipinski definition) is 4. The summed E-state index contributed by atoms with van der Waals surface area (Å²) in [4.78, 5) is 0. The van der Waals surface area contributed by atoms with E-state index in [1.807, 2.05) is 6.07 Å². The number of benzene rings is 2. The SMILES string of the molecule is CCc1ccc(Cc2cc([C@@H]3O[C@H](CO)[C@@H](O)[C@H](O)[C@H]3O)c(COC)cc2Cl)cc1. The van der Waals surface area contributed by atoms with Gasteiger partial charge in [0.25, 0.3) is 0 Å². The van der Waals surface area contributed by atoms with Gasteiger partial charge in [-0.3, -0.25) is 0 Å². The normalized spacial score (nSPS) is 26.7. The summed E-state index contributed by atoms with van der Waals surface area (Å²) in [6, 6.07) is 11.9. The van der Waals surface area contributed by atoms with E-state index in [-0.39, 0.29) is 6.61 Å². The van der Waals surface area contributed by atoms with Crippen LogP contribution in [-0.2, 0) is 28.9 Å². The standard InChI is InChI=1S/C23H29ClO6/c1-3-13-4-6-14(7-5-13)8-15-9-17(16(12-29-2)10-18(15)24)23-22(28)21(27)20(26)19(11-25)30-23/h4-7,9-10,19-23,25-28H,3,8,11-12H2,1-2H3/t19-,20-,21+,22-,23+/m1/s1. The maximum Gasteiger partial charge on any atom is 0.113 e. The average Bonchev–Trinajstić information content (AvgIpc) is 2.75. The van der Waals surface area contributed by atoms with Crippen LogP contribution in [-0.4, -0.2) is 58.6 Å². The number of aryl methyl sites for hydroxylation is 1. The Morgan fingerprint density at radius 2 is 1.63 bits per heavy atom. The van der Waals surface area contributed by atoms with Gasteiger partial charge in [-0.2, -0.15) is 0 Å². The summed E-state index contributed by atoms with van der Waals surface area (Å²) in [6.07, 6.45) is -4.59. The van der Waals surface area contributed by atoms with E-state index >= 15 is 0 Å². The zero-order valence-corrected chi connectivity index (χ0v) is 17.9. The van der Waals surface area contributed by atoms with E-state index in [2.05, 4.69) is 31.2 Å². The molecule has 0 aromatic heterocycles. The van der Waals surface area contributed by atoms with Crippen molar-refractivity contribution in [3.8, 4) is 0 Å². The number of halogens is 1. The van der Waals surface area contributed by atoms with E-state index in [0.717, 1.165) is 17.5 Å². The molecule has 5 atom stereocenters. The van der Waals surface area contributed by atoms with Crippen molar-refractivity contribution in [2.75, 3.05) is 13.7 Å². The minimum Gasteiger partial charge on any atom is -0.394 e. The third-order valence-electron chi connectivity index (χ3n) is 5.63. The first kappa shape index (κ1) is 23.2. The molecule has 1 aliphatic rings. The van der Waals surface area contributed by atoms with E-state index in [0.29, 0.717) is 22.6 Å². The minimum absolute atomic E-state index is 0.232. The summed E-state index contributed by atoms with van der Waals surface area (Å²) < 4.78 is 11.0. The van der Waals surface area contributed by atoms with Gasteiger partial charge in [0.15, 0.2) is 0 Å². The molecule has 6 nitrogen and oxygen atoms in total. The molecule has 3 rings (SSSR count). The van der Waals surface area contributed by atoms with Gasteiger partial charge >= 0.3 is 0 Å². The fraction of sp³-hybridized carbons (Fsp3) is 0.478. The number of hydrogen-bond acceptors (Lipinski definition) is 6. The van der Waals surface area contributed by atoms with E-state index in [1.165, 1.54) is 5.56 Å². The van der Waals surface area contributed by atoms with Gasteiger partial charge < -0.3 is 29.9 Å². The van der Waals surface area contributed by atoms with Crippen LogP contribution in [0.3, 0.4) is 0 Å². The molecular formula is C23H29ClO6. The summed E-state index contributed by atoms with van der Waals surface area (Å²) in [5.41, 5.74) is 4.50. The molecule has 2 aromatic rings. The van der Waals surface area contributed by atoms with Crippen molar-refractivity contribution in [2.24, 2.45) is 0 Å². The fourth-order valence-corrected chi connectivity index (χ4v) is 4.08. The largest absolute Gasteiger partial charge is 0.394 e. The third kappa shape index (κ3) is 4.86. The van der Waals surface area contributed by atoms with Gasteiger partial charge in [-0.15, -0.1) is 0 Å². The lowest BCUT2D eigenvalue weighted by Gasteiger charge is -2.41. The summed E-state index contributed by atoms with van der Waals surface area (Å²) in [5, 5.41) is 41.0. The maximum absolute atomic E-state index is 10.6. The minimum atomic E-state index is -1.45. The molecular weight excluding hydrogens is 408 g/mol. The lowest BCUT2D eigenvalue weighted by atomic mass is 9.87. The summed E-state index contributed by atoms with van der Waals surface area (Å²) in [5.74, 6) is 0. The van der Waals surface area contributed by atoms with Crippen LogP contribution in [0.2, 0.25) is 5.02 Å². The fourth-order valence-electron chi connectivity index (χ4n) is 3.83. The van der Waals surface area contributed by atoms with Gasteiger partial charge in [0.2, 0.25) is 0 Å². The zero-order valence-electron chi connectivity index (χ0n) is 17.2. The predicted molar refractivity (Wildman–Crippen MR) is 114 cm³/mol. The number of aliphatic hydroxyl groups is 4. The molecule has 0 bridgehead atoms. The summed E-state index contributed by atoms with van der Waals surface area (Å²) in [7, 11) is 1.55. The Kier molecular flexibility index (Phi) is 7.87. The van der Waals surface area contributed by atoms with Crippen LogP contribution in [0.1, 0.15) is 40.8 Å². The predicted octanol–water partition coefficient (Wildman–Crippen LogP) is 2.15. The molecule has 164 valence electrons. The molecule has 1 heterocycles. The van der Waals surface area contributed by atoms with Crippen LogP contribution in [0.25, 0.3) is 0 Å². The van der Waals surface area contributed by atoms with E-state index in [9.17, 15) is 20.4 Å². The first-order chi connectivity index (χ1) is 14.4. The van der Waals surface area contributed by atoms with E-state index in [1.54, 1.807) is 13.2 Å². The Bertz CT molecular complexity index is 838. The Hall–Kier alpha value is -1.51. The highest BCUT2D eigenvalue weighted by molar-refractivity contribution is 6.31. The number of aliphatic hydroxyl groups excluding tert-OH is 4. The topological polar surface area (TPSA) is 99.4 Å². The number of rotatable bonds is 7. The van der Waals surface area contributed by atoms with Crippen LogP contribution < -0.4 is 0 Å². The number of methoxy groups -OCH3 is 1. The van der Waals surface area contributed by atoms with Gasteiger partial charge in [0.1, 0.15) is 30.5 Å². The molecule has 1 fully saturated rings. The van der Waals surface area contributed by atoms with Gasteiger partial charge in [0.05, 0.1) is 13.2 Å². The van der Waals surface area contributed by atoms with Crippen LogP contribution in [0.5, 0.6) is 0 Å². The Labute approximate surface area is 181 Å². The first-order valence-electron chi connectivity index (χ1n) is 10.1. The second-order valence-electron chi connectivity index (χ2n) is 7.67. The molecule has 0 aliphatic carbocycles. The monoisotopic (exact) mass is 436 g/mol. The van der Waals surface area contributed by atoms with Crippen molar-refractivity contribution in [1.29, 1.82) is 0 Å². The van der Waals surface area contributed by atoms with Gasteiger partial charge in [-0.05, 0) is 46.7 Å². The van der Waals surface area contributed by atoms with E-state index in [4.69, 9.17) is 21.1 Å². The van der Waals surface area contributed by atoms with Crippen LogP contribution >= 0.6 is 11.6 Å². The Morgan fingerprint density at radius 1 is 0.967 bits per heavy atom. The highest BCUT2D eigenvalue weighted by Gasteiger charge is 2.44. The van der Waals surface area contributed by atoms with Crippen molar-refractivity contribution in [1.82, 2.24) is 0 Å². The van der Waals surface area contributed by atoms with Crippen LogP contribution in [0.4, 0.5) is 0 Å². The number of ether oxygens (including phenoxy) is 2. The molecule has 4 N–H and O–H groups in total. The summed E-state index contributed by atoms with van der Waals surface area (Å²) in [6.45, 7) is 1.86. The molecule has 2 aromatic carbocycles. The smallest absolute Gasteiger partial charge is 0.113 e. The van der Waals surface area contributed by atoms with Crippen LogP contribution in [0, 0.1) is 0 Å². The molecule has 30 heavy (non-hydrogen) atoms. The van der Waals surface area contributed by atoms with Crippen molar-refractivity contribution in [2.45, 2.75) is 56.9 Å². The quantitative estimate of drug-likeness (QED) is 0.531. The first-order valence-corrected chi connectivity index (χ1v) is 10.5. The zero-order chi connectivity index (χ0) is 21.8. The van der Waals surface area contributed by atoms with Crippen molar-refractivity contribution in [3.05, 3.63) is 69.2 Å². The van der Waals surface area contributed by atoms with Crippen molar-refractivity contribution < 1.29 is 29.9 Å². The third-order valence-corrected chi connectivity index (χ3v) is 5.98. The summed E-state index contributed by atoms with van der Waals surface area (Å²) >= 11 is 6.54. The second-order valence-corrected chi connectivity index (χ2v) is 8.08. The Morgan fingerprint density at radius 3 is 2.23 bits per heavy atom. The second kappa shape index (κ2) is 10.2. The van der Waals surface area contributed by atoms with Gasteiger partial charge in [-0.1, -0.05) is 48.9 Å². The molecule has 1 saturated heterocycles. The molecule has 0 spiro atoms. The molecule has 7 heteroatoms. The maximum atomic E-state index is 10.6.